The fourth-order valence-corrected chi connectivity index (χ4v) is 3.13. The summed E-state index contributed by atoms with van der Waals surface area (Å²) in [7, 11) is 4.22. The van der Waals surface area contributed by atoms with E-state index in [9.17, 15) is 0 Å². The Morgan fingerprint density at radius 2 is 2.06 bits per heavy atom. The molecule has 90 valence electrons. The van der Waals surface area contributed by atoms with E-state index in [1.807, 2.05) is 6.07 Å². The molecule has 2 nitrogen and oxygen atoms in total. The van der Waals surface area contributed by atoms with Gasteiger partial charge in [0.2, 0.25) is 0 Å². The molecule has 3 rings (SSSR count). The molecule has 2 aromatic rings. The van der Waals surface area contributed by atoms with Crippen LogP contribution < -0.4 is 0 Å². The van der Waals surface area contributed by atoms with Gasteiger partial charge in [-0.3, -0.25) is 0 Å². The lowest BCUT2D eigenvalue weighted by atomic mass is 9.89. The molecule has 1 aliphatic carbocycles. The van der Waals surface area contributed by atoms with Crippen molar-refractivity contribution in [1.29, 1.82) is 0 Å². The minimum absolute atomic E-state index is 0.498. The number of likely N-dealkylation sites (N-methyl/N-ethyl adjacent to an activating group) is 1. The van der Waals surface area contributed by atoms with Crippen molar-refractivity contribution in [3.63, 3.8) is 0 Å². The molecule has 4 heteroatoms. The van der Waals surface area contributed by atoms with E-state index in [0.29, 0.717) is 16.1 Å². The lowest BCUT2D eigenvalue weighted by molar-refractivity contribution is 0.287. The highest BCUT2D eigenvalue weighted by molar-refractivity contribution is 6.43. The van der Waals surface area contributed by atoms with Gasteiger partial charge in [-0.15, -0.1) is 0 Å². The summed E-state index contributed by atoms with van der Waals surface area (Å²) in [6.45, 7) is 0. The quantitative estimate of drug-likeness (QED) is 0.839. The van der Waals surface area contributed by atoms with E-state index in [4.69, 9.17) is 23.2 Å². The number of H-pyrrole nitrogens is 1. The van der Waals surface area contributed by atoms with Gasteiger partial charge < -0.3 is 9.88 Å². The zero-order chi connectivity index (χ0) is 12.2. The maximum atomic E-state index is 6.34. The zero-order valence-electron chi connectivity index (χ0n) is 9.85. The molecule has 0 saturated carbocycles. The molecule has 0 bridgehead atoms. The second kappa shape index (κ2) is 3.91. The first-order chi connectivity index (χ1) is 8.08. The lowest BCUT2D eigenvalue weighted by Crippen LogP contribution is -2.34. The van der Waals surface area contributed by atoms with Crippen LogP contribution in [0.2, 0.25) is 10.0 Å². The summed E-state index contributed by atoms with van der Waals surface area (Å²) in [6, 6.07) is 2.42. The molecule has 1 aromatic heterocycles. The Morgan fingerprint density at radius 1 is 1.29 bits per heavy atom. The average molecular weight is 269 g/mol. The van der Waals surface area contributed by atoms with Crippen molar-refractivity contribution in [1.82, 2.24) is 9.88 Å². The average Bonchev–Trinajstić information content (AvgIpc) is 2.69. The standard InChI is InChI=1S/C13H14Cl2N2/c1-17(2)8-3-7-6-16-11-5-10(14)13(15)9(4-8)12(7)11/h5-6,8,16H,3-4H2,1-2H3. The van der Waals surface area contributed by atoms with Gasteiger partial charge in [-0.05, 0) is 44.1 Å². The number of nitrogens with zero attached hydrogens (tertiary/aromatic N) is 1. The first-order valence-corrected chi connectivity index (χ1v) is 6.46. The predicted octanol–water partition coefficient (Wildman–Crippen LogP) is 3.50. The van der Waals surface area contributed by atoms with Gasteiger partial charge in [-0.2, -0.15) is 0 Å². The summed E-state index contributed by atoms with van der Waals surface area (Å²) in [4.78, 5) is 5.53. The van der Waals surface area contributed by atoms with E-state index in [2.05, 4.69) is 30.2 Å². The number of aromatic nitrogens is 1. The number of benzene rings is 1. The highest BCUT2D eigenvalue weighted by Crippen LogP contribution is 2.39. The molecule has 1 aliphatic rings. The van der Waals surface area contributed by atoms with Crippen LogP contribution in [0.15, 0.2) is 12.3 Å². The molecule has 0 radical (unpaired) electrons. The second-order valence-corrected chi connectivity index (χ2v) is 5.70. The Kier molecular flexibility index (Phi) is 2.62. The number of halogens is 2. The first-order valence-electron chi connectivity index (χ1n) is 5.71. The van der Waals surface area contributed by atoms with Gasteiger partial charge in [-0.1, -0.05) is 23.2 Å². The fourth-order valence-electron chi connectivity index (χ4n) is 2.68. The summed E-state index contributed by atoms with van der Waals surface area (Å²) in [5, 5.41) is 2.63. The maximum Gasteiger partial charge on any atom is 0.0632 e. The van der Waals surface area contributed by atoms with Crippen LogP contribution in [-0.4, -0.2) is 30.0 Å². The number of hydrogen-bond donors (Lipinski definition) is 1. The van der Waals surface area contributed by atoms with Crippen LogP contribution in [0.25, 0.3) is 10.9 Å². The third-order valence-electron chi connectivity index (χ3n) is 3.67. The fraction of sp³-hybridized carbons (Fsp3) is 0.385. The van der Waals surface area contributed by atoms with Crippen molar-refractivity contribution < 1.29 is 0 Å². The molecule has 0 fully saturated rings. The van der Waals surface area contributed by atoms with Gasteiger partial charge in [0.05, 0.1) is 10.0 Å². The van der Waals surface area contributed by atoms with Crippen LogP contribution in [0.4, 0.5) is 0 Å². The Balaban J connectivity index is 2.25. The molecule has 0 spiro atoms. The number of hydrogen-bond acceptors (Lipinski definition) is 1. The van der Waals surface area contributed by atoms with Crippen molar-refractivity contribution in [2.75, 3.05) is 14.1 Å². The zero-order valence-corrected chi connectivity index (χ0v) is 11.4. The molecule has 1 atom stereocenters. The Bertz CT molecular complexity index is 587. The second-order valence-electron chi connectivity index (χ2n) is 4.91. The van der Waals surface area contributed by atoms with Crippen LogP contribution in [0, 0.1) is 0 Å². The molecule has 0 aliphatic heterocycles. The monoisotopic (exact) mass is 268 g/mol. The lowest BCUT2D eigenvalue weighted by Gasteiger charge is -2.29. The van der Waals surface area contributed by atoms with E-state index < -0.39 is 0 Å². The highest BCUT2D eigenvalue weighted by Gasteiger charge is 2.26. The van der Waals surface area contributed by atoms with Gasteiger partial charge in [0.1, 0.15) is 0 Å². The van der Waals surface area contributed by atoms with Crippen molar-refractivity contribution in [3.8, 4) is 0 Å². The normalized spacial score (nSPS) is 19.2. The SMILES string of the molecule is CN(C)C1Cc2c[nH]c3cc(Cl)c(Cl)c(c23)C1. The van der Waals surface area contributed by atoms with Gasteiger partial charge in [0, 0.05) is 23.1 Å². The molecule has 1 heterocycles. The van der Waals surface area contributed by atoms with Crippen molar-refractivity contribution >= 4 is 34.1 Å². The van der Waals surface area contributed by atoms with Crippen LogP contribution in [0.5, 0.6) is 0 Å². The van der Waals surface area contributed by atoms with Crippen LogP contribution in [0.1, 0.15) is 11.1 Å². The summed E-state index contributed by atoms with van der Waals surface area (Å²) in [5.41, 5.74) is 3.63. The number of rotatable bonds is 1. The summed E-state index contributed by atoms with van der Waals surface area (Å²) >= 11 is 12.5. The van der Waals surface area contributed by atoms with Gasteiger partial charge in [0.25, 0.3) is 0 Å². The van der Waals surface area contributed by atoms with E-state index >= 15 is 0 Å². The Labute approximate surface area is 111 Å². The van der Waals surface area contributed by atoms with Crippen LogP contribution in [-0.2, 0) is 12.8 Å². The topological polar surface area (TPSA) is 19.0 Å². The largest absolute Gasteiger partial charge is 0.361 e. The van der Waals surface area contributed by atoms with Crippen molar-refractivity contribution in [2.24, 2.45) is 0 Å². The molecular formula is C13H14Cl2N2. The molecule has 1 aromatic carbocycles. The minimum Gasteiger partial charge on any atom is -0.361 e. The smallest absolute Gasteiger partial charge is 0.0632 e. The maximum absolute atomic E-state index is 6.34. The molecule has 1 unspecified atom stereocenters. The predicted molar refractivity (Wildman–Crippen MR) is 73.2 cm³/mol. The molecule has 17 heavy (non-hydrogen) atoms. The van der Waals surface area contributed by atoms with E-state index in [1.54, 1.807) is 0 Å². The summed E-state index contributed by atoms with van der Waals surface area (Å²) < 4.78 is 0. The molecular weight excluding hydrogens is 255 g/mol. The first kappa shape index (κ1) is 11.4. The Morgan fingerprint density at radius 3 is 2.76 bits per heavy atom. The Hall–Kier alpha value is -0.700. The van der Waals surface area contributed by atoms with E-state index in [0.717, 1.165) is 18.4 Å². The highest BCUT2D eigenvalue weighted by atomic mass is 35.5. The molecule has 0 saturated heterocycles. The van der Waals surface area contributed by atoms with Crippen molar-refractivity contribution in [2.45, 2.75) is 18.9 Å². The minimum atomic E-state index is 0.498. The summed E-state index contributed by atoms with van der Waals surface area (Å²) in [6.07, 6.45) is 4.11. The van der Waals surface area contributed by atoms with Crippen molar-refractivity contribution in [3.05, 3.63) is 33.4 Å². The van der Waals surface area contributed by atoms with E-state index in [1.165, 1.54) is 16.5 Å². The van der Waals surface area contributed by atoms with Gasteiger partial charge >= 0.3 is 0 Å². The van der Waals surface area contributed by atoms with Gasteiger partial charge in [-0.25, -0.2) is 0 Å². The molecule has 1 N–H and O–H groups in total. The van der Waals surface area contributed by atoms with Crippen LogP contribution in [0.3, 0.4) is 0 Å². The van der Waals surface area contributed by atoms with E-state index in [-0.39, 0.29) is 0 Å². The van der Waals surface area contributed by atoms with Gasteiger partial charge in [0.15, 0.2) is 0 Å². The van der Waals surface area contributed by atoms with Crippen LogP contribution >= 0.6 is 23.2 Å². The number of aromatic amines is 1. The summed E-state index contributed by atoms with van der Waals surface area (Å²) in [5.74, 6) is 0. The third-order valence-corrected chi connectivity index (χ3v) is 4.49. The number of nitrogens with one attached hydrogen (secondary N) is 1. The molecule has 0 amide bonds. The third kappa shape index (κ3) is 1.67.